The lowest BCUT2D eigenvalue weighted by molar-refractivity contribution is 0.934. The van der Waals surface area contributed by atoms with E-state index in [1.165, 1.54) is 0 Å². The van der Waals surface area contributed by atoms with Crippen molar-refractivity contribution in [2.24, 2.45) is 21.5 Å². The number of nitrogens with one attached hydrogen (secondary N) is 1. The van der Waals surface area contributed by atoms with Gasteiger partial charge in [0.15, 0.2) is 5.96 Å². The number of nitrogens with zero attached hydrogens (tertiary/aromatic N) is 2. The van der Waals surface area contributed by atoms with Crippen LogP contribution >= 0.6 is 17.0 Å². The molecule has 12 heavy (non-hydrogen) atoms. The summed E-state index contributed by atoms with van der Waals surface area (Å²) in [4.78, 5) is 7.78. The summed E-state index contributed by atoms with van der Waals surface area (Å²) < 4.78 is 0. The number of aliphatic imine (C=N–C) groups is 2. The summed E-state index contributed by atoms with van der Waals surface area (Å²) in [6.07, 6.45) is 0. The van der Waals surface area contributed by atoms with Gasteiger partial charge in [-0.3, -0.25) is 4.99 Å². The summed E-state index contributed by atoms with van der Waals surface area (Å²) in [6.45, 7) is 5.29. The van der Waals surface area contributed by atoms with E-state index < -0.39 is 0 Å². The van der Waals surface area contributed by atoms with Crippen LogP contribution in [0, 0.1) is 0 Å². The normalized spacial score (nSPS) is 10.0. The SMILES string of the molecule is Br.CCN=C(N=C(N)N)NCC. The highest BCUT2D eigenvalue weighted by atomic mass is 79.9. The summed E-state index contributed by atoms with van der Waals surface area (Å²) in [6, 6.07) is 0. The maximum Gasteiger partial charge on any atom is 0.221 e. The second kappa shape index (κ2) is 8.32. The molecule has 0 amide bonds. The average molecular weight is 238 g/mol. The number of rotatable bonds is 2. The highest BCUT2D eigenvalue weighted by Gasteiger charge is 1.91. The first-order chi connectivity index (χ1) is 5.20. The Balaban J connectivity index is 0. The van der Waals surface area contributed by atoms with Crippen LogP contribution in [0.1, 0.15) is 13.8 Å². The lowest BCUT2D eigenvalue weighted by Crippen LogP contribution is -2.29. The van der Waals surface area contributed by atoms with E-state index in [1.807, 2.05) is 13.8 Å². The van der Waals surface area contributed by atoms with Gasteiger partial charge in [0.05, 0.1) is 0 Å². The van der Waals surface area contributed by atoms with Crippen LogP contribution in [0.15, 0.2) is 9.98 Å². The summed E-state index contributed by atoms with van der Waals surface area (Å²) in [5.74, 6) is 0.521. The molecular formula is C6H16BrN5. The number of hydrogen-bond donors (Lipinski definition) is 3. The van der Waals surface area contributed by atoms with Crippen LogP contribution in [-0.2, 0) is 0 Å². The molecule has 0 saturated heterocycles. The topological polar surface area (TPSA) is 88.8 Å². The summed E-state index contributed by atoms with van der Waals surface area (Å²) >= 11 is 0. The van der Waals surface area contributed by atoms with Gasteiger partial charge in [0.25, 0.3) is 0 Å². The van der Waals surface area contributed by atoms with Crippen LogP contribution in [-0.4, -0.2) is 25.0 Å². The second-order valence-corrected chi connectivity index (χ2v) is 1.86. The van der Waals surface area contributed by atoms with E-state index in [4.69, 9.17) is 11.5 Å². The van der Waals surface area contributed by atoms with Crippen molar-refractivity contribution in [3.05, 3.63) is 0 Å². The minimum absolute atomic E-state index is 0. The highest BCUT2D eigenvalue weighted by Crippen LogP contribution is 1.76. The maximum absolute atomic E-state index is 5.16. The van der Waals surface area contributed by atoms with Gasteiger partial charge in [-0.2, -0.15) is 4.99 Å². The zero-order valence-electron chi connectivity index (χ0n) is 7.37. The minimum Gasteiger partial charge on any atom is -0.370 e. The van der Waals surface area contributed by atoms with Gasteiger partial charge < -0.3 is 16.8 Å². The summed E-state index contributed by atoms with van der Waals surface area (Å²) in [5.41, 5.74) is 10.3. The van der Waals surface area contributed by atoms with Gasteiger partial charge in [0.1, 0.15) is 0 Å². The molecule has 0 spiro atoms. The molecule has 0 aromatic carbocycles. The summed E-state index contributed by atoms with van der Waals surface area (Å²) in [7, 11) is 0. The van der Waals surface area contributed by atoms with Crippen molar-refractivity contribution in [3.63, 3.8) is 0 Å². The van der Waals surface area contributed by atoms with Crippen molar-refractivity contribution in [2.45, 2.75) is 13.8 Å². The van der Waals surface area contributed by atoms with Crippen molar-refractivity contribution < 1.29 is 0 Å². The van der Waals surface area contributed by atoms with Crippen LogP contribution in [0.4, 0.5) is 0 Å². The minimum atomic E-state index is 0. The zero-order chi connectivity index (χ0) is 8.69. The third kappa shape index (κ3) is 7.33. The first kappa shape index (κ1) is 13.8. The van der Waals surface area contributed by atoms with E-state index in [0.29, 0.717) is 12.5 Å². The van der Waals surface area contributed by atoms with Gasteiger partial charge in [0.2, 0.25) is 5.96 Å². The van der Waals surface area contributed by atoms with Crippen LogP contribution < -0.4 is 16.8 Å². The van der Waals surface area contributed by atoms with E-state index in [1.54, 1.807) is 0 Å². The van der Waals surface area contributed by atoms with Crippen molar-refractivity contribution >= 4 is 28.9 Å². The smallest absolute Gasteiger partial charge is 0.221 e. The van der Waals surface area contributed by atoms with E-state index in [-0.39, 0.29) is 22.9 Å². The van der Waals surface area contributed by atoms with E-state index >= 15 is 0 Å². The largest absolute Gasteiger partial charge is 0.370 e. The quantitative estimate of drug-likeness (QED) is 0.460. The molecule has 5 N–H and O–H groups in total. The molecule has 0 atom stereocenters. The predicted molar refractivity (Wildman–Crippen MR) is 57.8 cm³/mol. The number of guanidine groups is 2. The van der Waals surface area contributed by atoms with Crippen LogP contribution in [0.25, 0.3) is 0 Å². The van der Waals surface area contributed by atoms with Gasteiger partial charge in [-0.15, -0.1) is 17.0 Å². The molecule has 72 valence electrons. The Labute approximate surface area is 83.1 Å². The van der Waals surface area contributed by atoms with Crippen LogP contribution in [0.3, 0.4) is 0 Å². The van der Waals surface area contributed by atoms with Crippen molar-refractivity contribution in [3.8, 4) is 0 Å². The first-order valence-electron chi connectivity index (χ1n) is 3.58. The Morgan fingerprint density at radius 3 is 2.25 bits per heavy atom. The fourth-order valence-electron chi connectivity index (χ4n) is 0.561. The first-order valence-corrected chi connectivity index (χ1v) is 3.58. The monoisotopic (exact) mass is 237 g/mol. The van der Waals surface area contributed by atoms with Gasteiger partial charge >= 0.3 is 0 Å². The van der Waals surface area contributed by atoms with Crippen LogP contribution in [0.5, 0.6) is 0 Å². The van der Waals surface area contributed by atoms with E-state index in [9.17, 15) is 0 Å². The molecule has 0 aliphatic carbocycles. The fraction of sp³-hybridized carbons (Fsp3) is 0.667. The Morgan fingerprint density at radius 2 is 1.92 bits per heavy atom. The fourth-order valence-corrected chi connectivity index (χ4v) is 0.561. The molecule has 0 bridgehead atoms. The molecule has 0 aromatic heterocycles. The molecule has 6 heteroatoms. The molecule has 0 radical (unpaired) electrons. The Morgan fingerprint density at radius 1 is 1.33 bits per heavy atom. The lowest BCUT2D eigenvalue weighted by Gasteiger charge is -2.00. The van der Waals surface area contributed by atoms with Crippen molar-refractivity contribution in [2.75, 3.05) is 13.1 Å². The average Bonchev–Trinajstić information content (AvgIpc) is 1.87. The highest BCUT2D eigenvalue weighted by molar-refractivity contribution is 8.93. The molecule has 0 aliphatic rings. The second-order valence-electron chi connectivity index (χ2n) is 1.86. The predicted octanol–water partition coefficient (Wildman–Crippen LogP) is -0.177. The lowest BCUT2D eigenvalue weighted by atomic mass is 10.7. The van der Waals surface area contributed by atoms with Gasteiger partial charge in [-0.05, 0) is 13.8 Å². The Bertz CT molecular complexity index is 161. The summed E-state index contributed by atoms with van der Waals surface area (Å²) in [5, 5.41) is 2.92. The van der Waals surface area contributed by atoms with E-state index in [0.717, 1.165) is 6.54 Å². The maximum atomic E-state index is 5.16. The molecule has 0 heterocycles. The third-order valence-corrected chi connectivity index (χ3v) is 0.878. The van der Waals surface area contributed by atoms with Crippen molar-refractivity contribution in [1.82, 2.24) is 5.32 Å². The molecule has 0 unspecified atom stereocenters. The van der Waals surface area contributed by atoms with Gasteiger partial charge in [-0.25, -0.2) is 0 Å². The molecular weight excluding hydrogens is 222 g/mol. The molecule has 5 nitrogen and oxygen atoms in total. The standard InChI is InChI=1S/C6H15N5.BrH/c1-3-9-6(10-4-2)11-5(7)8;/h3-4H2,1-2H3,(H5,7,8,9,10,11);1H. The zero-order valence-corrected chi connectivity index (χ0v) is 9.08. The number of hydrogen-bond acceptors (Lipinski definition) is 1. The van der Waals surface area contributed by atoms with E-state index in [2.05, 4.69) is 15.3 Å². The third-order valence-electron chi connectivity index (χ3n) is 0.878. The molecule has 0 rings (SSSR count). The molecule has 0 aliphatic heterocycles. The van der Waals surface area contributed by atoms with Crippen LogP contribution in [0.2, 0.25) is 0 Å². The van der Waals surface area contributed by atoms with Gasteiger partial charge in [-0.1, -0.05) is 0 Å². The molecule has 0 fully saturated rings. The molecule has 0 saturated carbocycles. The van der Waals surface area contributed by atoms with Gasteiger partial charge in [0, 0.05) is 13.1 Å². The van der Waals surface area contributed by atoms with Crippen molar-refractivity contribution in [1.29, 1.82) is 0 Å². The number of nitrogens with two attached hydrogens (primary N) is 2. The number of halogens is 1. The Kier molecular flexibility index (Phi) is 9.56. The molecule has 0 aromatic rings. The Hall–Kier alpha value is -0.780.